The SMILES string of the molecule is CC(=O)C1C(c2cccc(Cl)c2)C2(C(=O)c3ccccc3C2=O)C2C=Cc3ccccc3N12. The summed E-state index contributed by atoms with van der Waals surface area (Å²) in [4.78, 5) is 43.7. The van der Waals surface area contributed by atoms with Gasteiger partial charge in [0.1, 0.15) is 5.41 Å². The molecule has 0 aromatic heterocycles. The molecule has 3 unspecified atom stereocenters. The highest BCUT2D eigenvalue weighted by Gasteiger charge is 2.71. The first-order valence-electron chi connectivity index (χ1n) is 11.0. The van der Waals surface area contributed by atoms with Crippen LogP contribution in [0, 0.1) is 5.41 Å². The van der Waals surface area contributed by atoms with Gasteiger partial charge in [0.15, 0.2) is 17.3 Å². The number of rotatable bonds is 2. The Kier molecular flexibility index (Phi) is 4.27. The second kappa shape index (κ2) is 7.00. The number of nitrogens with zero attached hydrogens (tertiary/aromatic N) is 1. The van der Waals surface area contributed by atoms with Gasteiger partial charge in [-0.2, -0.15) is 0 Å². The van der Waals surface area contributed by atoms with Gasteiger partial charge < -0.3 is 4.90 Å². The summed E-state index contributed by atoms with van der Waals surface area (Å²) in [5, 5.41) is 0.501. The Labute approximate surface area is 196 Å². The first-order valence-corrected chi connectivity index (χ1v) is 11.3. The largest absolute Gasteiger partial charge is 0.352 e. The molecule has 4 nitrogen and oxygen atoms in total. The number of benzene rings is 3. The molecule has 162 valence electrons. The van der Waals surface area contributed by atoms with Gasteiger partial charge >= 0.3 is 0 Å². The Bertz CT molecular complexity index is 1360. The zero-order valence-corrected chi connectivity index (χ0v) is 18.6. The van der Waals surface area contributed by atoms with Gasteiger partial charge in [-0.3, -0.25) is 14.4 Å². The summed E-state index contributed by atoms with van der Waals surface area (Å²) in [7, 11) is 0. The molecule has 0 radical (unpaired) electrons. The standard InChI is InChI=1S/C28H20ClNO3/c1-16(31)25-24(18-8-6-9-19(29)15-18)28(26(32)20-10-3-4-11-21(20)27(28)33)23-14-13-17-7-2-5-12-22(17)30(23)25/h2-15,23-25H,1H3. The van der Waals surface area contributed by atoms with Crippen molar-refractivity contribution >= 4 is 40.7 Å². The summed E-state index contributed by atoms with van der Waals surface area (Å²) < 4.78 is 0. The van der Waals surface area contributed by atoms with E-state index in [0.29, 0.717) is 16.1 Å². The van der Waals surface area contributed by atoms with Crippen molar-refractivity contribution in [2.75, 3.05) is 4.90 Å². The average Bonchev–Trinajstić information content (AvgIpc) is 3.26. The number of fused-ring (bicyclic) bond motifs is 5. The molecule has 1 spiro atoms. The van der Waals surface area contributed by atoms with Crippen LogP contribution in [-0.2, 0) is 4.79 Å². The zero-order chi connectivity index (χ0) is 22.9. The maximum Gasteiger partial charge on any atom is 0.180 e. The molecule has 0 amide bonds. The van der Waals surface area contributed by atoms with E-state index in [-0.39, 0.29) is 17.3 Å². The van der Waals surface area contributed by atoms with Crippen molar-refractivity contribution in [1.29, 1.82) is 0 Å². The van der Waals surface area contributed by atoms with Crippen LogP contribution >= 0.6 is 11.6 Å². The number of carbonyl (C=O) groups excluding carboxylic acids is 3. The van der Waals surface area contributed by atoms with Crippen LogP contribution in [0.2, 0.25) is 5.02 Å². The lowest BCUT2D eigenvalue weighted by Crippen LogP contribution is -2.48. The van der Waals surface area contributed by atoms with E-state index in [1.807, 2.05) is 47.4 Å². The number of hydrogen-bond donors (Lipinski definition) is 0. The van der Waals surface area contributed by atoms with Crippen LogP contribution in [0.3, 0.4) is 0 Å². The molecule has 0 saturated carbocycles. The van der Waals surface area contributed by atoms with E-state index in [4.69, 9.17) is 11.6 Å². The predicted molar refractivity (Wildman–Crippen MR) is 128 cm³/mol. The van der Waals surface area contributed by atoms with Crippen molar-refractivity contribution in [2.45, 2.75) is 24.9 Å². The third kappa shape index (κ3) is 2.50. The highest BCUT2D eigenvalue weighted by Crippen LogP contribution is 2.60. The van der Waals surface area contributed by atoms with Gasteiger partial charge in [-0.1, -0.05) is 78.4 Å². The first kappa shape index (κ1) is 20.1. The highest BCUT2D eigenvalue weighted by atomic mass is 35.5. The van der Waals surface area contributed by atoms with E-state index in [2.05, 4.69) is 0 Å². The van der Waals surface area contributed by atoms with Gasteiger partial charge in [-0.25, -0.2) is 0 Å². The number of halogens is 1. The van der Waals surface area contributed by atoms with Crippen LogP contribution in [0.5, 0.6) is 0 Å². The summed E-state index contributed by atoms with van der Waals surface area (Å²) >= 11 is 6.36. The lowest BCUT2D eigenvalue weighted by Gasteiger charge is -2.37. The number of hydrogen-bond acceptors (Lipinski definition) is 4. The third-order valence-electron chi connectivity index (χ3n) is 7.34. The van der Waals surface area contributed by atoms with Gasteiger partial charge in [0.2, 0.25) is 0 Å². The fourth-order valence-corrected chi connectivity index (χ4v) is 6.34. The fraction of sp³-hybridized carbons (Fsp3) is 0.179. The summed E-state index contributed by atoms with van der Waals surface area (Å²) in [6.07, 6.45) is 3.88. The maximum atomic E-state index is 14.2. The van der Waals surface area contributed by atoms with Crippen molar-refractivity contribution in [3.05, 3.63) is 106 Å². The topological polar surface area (TPSA) is 54.5 Å². The van der Waals surface area contributed by atoms with E-state index < -0.39 is 23.4 Å². The molecule has 6 rings (SSSR count). The summed E-state index contributed by atoms with van der Waals surface area (Å²) in [5.41, 5.74) is 1.92. The van der Waals surface area contributed by atoms with Gasteiger partial charge in [0.05, 0.1) is 12.1 Å². The van der Waals surface area contributed by atoms with Crippen LogP contribution in [-0.4, -0.2) is 29.4 Å². The lowest BCUT2D eigenvalue weighted by molar-refractivity contribution is -0.118. The average molecular weight is 454 g/mol. The first-order chi connectivity index (χ1) is 16.0. The zero-order valence-electron chi connectivity index (χ0n) is 17.9. The van der Waals surface area contributed by atoms with Crippen LogP contribution in [0.15, 0.2) is 78.9 Å². The number of Topliss-reactive ketones (excluding diaryl/α,β-unsaturated/α-hetero) is 3. The van der Waals surface area contributed by atoms with Gasteiger partial charge in [0, 0.05) is 27.8 Å². The van der Waals surface area contributed by atoms with Crippen molar-refractivity contribution in [3.8, 4) is 0 Å². The predicted octanol–water partition coefficient (Wildman–Crippen LogP) is 5.36. The molecule has 33 heavy (non-hydrogen) atoms. The molecule has 0 N–H and O–H groups in total. The van der Waals surface area contributed by atoms with E-state index in [1.54, 1.807) is 42.5 Å². The number of carbonyl (C=O) groups is 3. The molecule has 1 aliphatic carbocycles. The Morgan fingerprint density at radius 3 is 2.24 bits per heavy atom. The fourth-order valence-electron chi connectivity index (χ4n) is 6.14. The quantitative estimate of drug-likeness (QED) is 0.490. The van der Waals surface area contributed by atoms with Crippen LogP contribution in [0.25, 0.3) is 6.08 Å². The number of para-hydroxylation sites is 1. The van der Waals surface area contributed by atoms with E-state index in [1.165, 1.54) is 6.92 Å². The van der Waals surface area contributed by atoms with Crippen molar-refractivity contribution in [3.63, 3.8) is 0 Å². The number of ketones is 3. The molecule has 2 heterocycles. The van der Waals surface area contributed by atoms with Crippen molar-refractivity contribution in [1.82, 2.24) is 0 Å². The van der Waals surface area contributed by atoms with Crippen LogP contribution < -0.4 is 4.90 Å². The molecular formula is C28H20ClNO3. The van der Waals surface area contributed by atoms with Gasteiger partial charge in [0.25, 0.3) is 0 Å². The Morgan fingerprint density at radius 1 is 0.909 bits per heavy atom. The highest BCUT2D eigenvalue weighted by molar-refractivity contribution is 6.32. The van der Waals surface area contributed by atoms with Crippen molar-refractivity contribution in [2.24, 2.45) is 5.41 Å². The maximum absolute atomic E-state index is 14.2. The minimum Gasteiger partial charge on any atom is -0.352 e. The Morgan fingerprint density at radius 2 is 1.58 bits per heavy atom. The Balaban J connectivity index is 1.70. The smallest absolute Gasteiger partial charge is 0.180 e. The second-order valence-corrected chi connectivity index (χ2v) is 9.37. The summed E-state index contributed by atoms with van der Waals surface area (Å²) in [6, 6.07) is 20.7. The third-order valence-corrected chi connectivity index (χ3v) is 7.57. The normalized spacial score (nSPS) is 24.1. The van der Waals surface area contributed by atoms with E-state index in [9.17, 15) is 14.4 Å². The summed E-state index contributed by atoms with van der Waals surface area (Å²) in [6.45, 7) is 1.54. The number of anilines is 1. The molecule has 1 fully saturated rings. The van der Waals surface area contributed by atoms with Gasteiger partial charge in [-0.05, 0) is 36.2 Å². The lowest BCUT2D eigenvalue weighted by atomic mass is 9.64. The molecular weight excluding hydrogens is 434 g/mol. The molecule has 0 bridgehead atoms. The minimum atomic E-state index is -1.45. The van der Waals surface area contributed by atoms with Crippen LogP contribution in [0.1, 0.15) is 44.7 Å². The van der Waals surface area contributed by atoms with E-state index >= 15 is 0 Å². The van der Waals surface area contributed by atoms with Crippen LogP contribution in [0.4, 0.5) is 5.69 Å². The molecule has 3 atom stereocenters. The monoisotopic (exact) mass is 453 g/mol. The molecule has 3 aliphatic rings. The second-order valence-electron chi connectivity index (χ2n) is 8.93. The molecule has 1 saturated heterocycles. The Hall–Kier alpha value is -3.50. The van der Waals surface area contributed by atoms with Crippen molar-refractivity contribution < 1.29 is 14.4 Å². The van der Waals surface area contributed by atoms with Gasteiger partial charge in [-0.15, -0.1) is 0 Å². The molecule has 5 heteroatoms. The molecule has 2 aliphatic heterocycles. The summed E-state index contributed by atoms with van der Waals surface area (Å²) in [5.74, 6) is -1.22. The molecule has 3 aromatic carbocycles. The van der Waals surface area contributed by atoms with E-state index in [0.717, 1.165) is 16.8 Å². The minimum absolute atomic E-state index is 0.0940. The molecule has 3 aromatic rings.